The molecule has 10 nitrogen and oxygen atoms in total. The Bertz CT molecular complexity index is 5010. The standard InChI is InChI=1S/C81H55BN10/c1-9-29-56(30-10-1)64-45-25-26-46-67(64)92-73-52-71-65(51-72(73)91-70-48-28-27-47-69(70)88(61-39-19-6-20-40-61)75-54-77(85-81(92)79(75)91)87(59-35-15-4-16-36-59)60-37-17-5-18-38-60)82-66-55-83-50-49-68(66)90(63-43-23-8-24-44-63)80-78(82)74(89(71)62-41-21-7-22-42-62)53-76(84-80)86(57-31-11-2-12-32-57)58-33-13-3-14-34-58/h1-55H. The summed E-state index contributed by atoms with van der Waals surface area (Å²) >= 11 is 0. The number of para-hydroxylation sites is 10. The van der Waals surface area contributed by atoms with Crippen LogP contribution in [0.3, 0.4) is 0 Å². The Morgan fingerprint density at radius 1 is 0.283 bits per heavy atom. The van der Waals surface area contributed by atoms with Gasteiger partial charge in [-0.3, -0.25) is 24.6 Å². The molecule has 0 unspecified atom stereocenters. The summed E-state index contributed by atoms with van der Waals surface area (Å²) in [6.07, 6.45) is 4.00. The SMILES string of the molecule is c1ccc(-c2ccccc2N2c3cc4c(cc3N3c5ccccc5N(c5ccccc5)c5cc(N(c6ccccc6)c6ccccc6)nc2c53)B2c3cnccc3N(c3ccccc3)c3nc(N(c5ccccc5)c5ccccc5)cc(c32)N4c2ccccc2)cc1. The van der Waals surface area contributed by atoms with Gasteiger partial charge < -0.3 is 14.7 Å². The van der Waals surface area contributed by atoms with Gasteiger partial charge >= 0.3 is 0 Å². The van der Waals surface area contributed by atoms with Crippen LogP contribution in [0.5, 0.6) is 0 Å². The van der Waals surface area contributed by atoms with Crippen LogP contribution in [0.25, 0.3) is 11.1 Å². The maximum atomic E-state index is 6.13. The van der Waals surface area contributed by atoms with Crippen LogP contribution in [-0.2, 0) is 0 Å². The minimum atomic E-state index is -0.343. The fourth-order valence-electron chi connectivity index (χ4n) is 14.2. The Balaban J connectivity index is 0.985. The van der Waals surface area contributed by atoms with E-state index in [0.717, 1.165) is 147 Å². The van der Waals surface area contributed by atoms with Crippen LogP contribution in [0.15, 0.2) is 334 Å². The normalized spacial score (nSPS) is 12.9. The maximum absolute atomic E-state index is 6.13. The molecule has 0 spiro atoms. The number of pyridine rings is 3. The molecule has 0 fully saturated rings. The monoisotopic (exact) mass is 1180 g/mol. The molecule has 18 rings (SSSR count). The number of benzene rings is 11. The quantitative estimate of drug-likeness (QED) is 0.117. The number of fused-ring (bicyclic) bond motifs is 8. The zero-order valence-corrected chi connectivity index (χ0v) is 49.8. The third kappa shape index (κ3) is 8.40. The summed E-state index contributed by atoms with van der Waals surface area (Å²) in [6, 6.07) is 115. The molecule has 0 saturated heterocycles. The van der Waals surface area contributed by atoms with Crippen molar-refractivity contribution in [2.24, 2.45) is 0 Å². The molecule has 11 aromatic carbocycles. The zero-order chi connectivity index (χ0) is 60.6. The van der Waals surface area contributed by atoms with Crippen molar-refractivity contribution in [3.63, 3.8) is 0 Å². The number of nitrogens with zero attached hydrogens (tertiary/aromatic N) is 10. The lowest BCUT2D eigenvalue weighted by Crippen LogP contribution is -2.62. The van der Waals surface area contributed by atoms with Crippen LogP contribution in [0.4, 0.5) is 120 Å². The molecular weight excluding hydrogens is 1120 g/mol. The molecule has 3 aromatic heterocycles. The zero-order valence-electron chi connectivity index (χ0n) is 49.8. The number of hydrogen-bond acceptors (Lipinski definition) is 10. The number of anilines is 21. The predicted octanol–water partition coefficient (Wildman–Crippen LogP) is 19.6. The Kier molecular flexibility index (Phi) is 12.4. The van der Waals surface area contributed by atoms with Gasteiger partial charge in [-0.2, -0.15) is 0 Å². The van der Waals surface area contributed by atoms with Gasteiger partial charge in [-0.15, -0.1) is 0 Å². The second-order valence-corrected chi connectivity index (χ2v) is 23.2. The fraction of sp³-hybridized carbons (Fsp3) is 0. The van der Waals surface area contributed by atoms with Gasteiger partial charge in [0.15, 0.2) is 5.82 Å². The molecule has 14 aromatic rings. The Morgan fingerprint density at radius 3 is 1.25 bits per heavy atom. The first-order valence-electron chi connectivity index (χ1n) is 31.1. The number of aromatic nitrogens is 3. The molecule has 7 heterocycles. The Morgan fingerprint density at radius 2 is 0.707 bits per heavy atom. The summed E-state index contributed by atoms with van der Waals surface area (Å²) in [5.74, 6) is 3.12. The summed E-state index contributed by atoms with van der Waals surface area (Å²) in [4.78, 5) is 33.9. The second kappa shape index (κ2) is 21.7. The molecular formula is C81H55BN10. The van der Waals surface area contributed by atoms with Crippen molar-refractivity contribution in [3.8, 4) is 11.1 Å². The third-order valence-electron chi connectivity index (χ3n) is 18.1. The molecule has 0 atom stereocenters. The van der Waals surface area contributed by atoms with Crippen LogP contribution in [0.1, 0.15) is 0 Å². The summed E-state index contributed by atoms with van der Waals surface area (Å²) in [6.45, 7) is -0.343. The Hall–Kier alpha value is -12.5. The first-order chi connectivity index (χ1) is 45.7. The van der Waals surface area contributed by atoms with Gasteiger partial charge in [-0.05, 0) is 143 Å². The van der Waals surface area contributed by atoms with E-state index in [2.05, 4.69) is 362 Å². The lowest BCUT2D eigenvalue weighted by molar-refractivity contribution is 1.06. The average molecular weight is 1180 g/mol. The summed E-state index contributed by atoms with van der Waals surface area (Å²) in [5, 5.41) is 0. The highest BCUT2D eigenvalue weighted by Crippen LogP contribution is 2.65. The molecule has 0 radical (unpaired) electrons. The van der Waals surface area contributed by atoms with Gasteiger partial charge in [-0.25, -0.2) is 9.97 Å². The highest BCUT2D eigenvalue weighted by atomic mass is 15.4. The van der Waals surface area contributed by atoms with Crippen molar-refractivity contribution in [2.75, 3.05) is 34.3 Å². The molecule has 0 saturated carbocycles. The largest absolute Gasteiger partial charge is 0.311 e. The maximum Gasteiger partial charge on any atom is 0.256 e. The van der Waals surface area contributed by atoms with Gasteiger partial charge in [0.25, 0.3) is 6.71 Å². The minimum absolute atomic E-state index is 0.343. The molecule has 0 amide bonds. The van der Waals surface area contributed by atoms with Crippen molar-refractivity contribution in [1.82, 2.24) is 15.0 Å². The smallest absolute Gasteiger partial charge is 0.256 e. The summed E-state index contributed by atoms with van der Waals surface area (Å²) in [7, 11) is 0. The summed E-state index contributed by atoms with van der Waals surface area (Å²) in [5.41, 5.74) is 22.3. The van der Waals surface area contributed by atoms with Crippen molar-refractivity contribution >= 4 is 143 Å². The second-order valence-electron chi connectivity index (χ2n) is 23.2. The first-order valence-corrected chi connectivity index (χ1v) is 31.1. The van der Waals surface area contributed by atoms with E-state index < -0.39 is 0 Å². The number of rotatable bonds is 11. The summed E-state index contributed by atoms with van der Waals surface area (Å²) < 4.78 is 0. The van der Waals surface area contributed by atoms with E-state index in [4.69, 9.17) is 15.0 Å². The lowest BCUT2D eigenvalue weighted by atomic mass is 9.34. The molecule has 11 heteroatoms. The van der Waals surface area contributed by atoms with Crippen LogP contribution in [0, 0.1) is 0 Å². The molecule has 432 valence electrons. The predicted molar refractivity (Wildman–Crippen MR) is 380 cm³/mol. The van der Waals surface area contributed by atoms with Gasteiger partial charge in [-0.1, -0.05) is 188 Å². The molecule has 92 heavy (non-hydrogen) atoms. The van der Waals surface area contributed by atoms with E-state index in [9.17, 15) is 0 Å². The van der Waals surface area contributed by atoms with Crippen molar-refractivity contribution < 1.29 is 0 Å². The van der Waals surface area contributed by atoms with E-state index in [1.165, 1.54) is 0 Å². The van der Waals surface area contributed by atoms with Crippen LogP contribution in [-0.4, -0.2) is 21.7 Å². The van der Waals surface area contributed by atoms with E-state index in [-0.39, 0.29) is 6.71 Å². The van der Waals surface area contributed by atoms with E-state index in [0.29, 0.717) is 0 Å². The van der Waals surface area contributed by atoms with E-state index in [1.807, 2.05) is 6.20 Å². The highest BCUT2D eigenvalue weighted by molar-refractivity contribution is 7.00. The Labute approximate surface area is 534 Å². The highest BCUT2D eigenvalue weighted by Gasteiger charge is 2.49. The average Bonchev–Trinajstić information content (AvgIpc) is 0.687. The van der Waals surface area contributed by atoms with E-state index >= 15 is 0 Å². The third-order valence-corrected chi connectivity index (χ3v) is 18.1. The number of hydrogen-bond donors (Lipinski definition) is 0. The fourth-order valence-corrected chi connectivity index (χ4v) is 14.2. The van der Waals surface area contributed by atoms with Crippen LogP contribution < -0.4 is 50.7 Å². The van der Waals surface area contributed by atoms with Crippen molar-refractivity contribution in [1.29, 1.82) is 0 Å². The lowest BCUT2D eigenvalue weighted by Gasteiger charge is -2.48. The van der Waals surface area contributed by atoms with Crippen molar-refractivity contribution in [3.05, 3.63) is 334 Å². The first kappa shape index (κ1) is 52.6. The molecule has 0 N–H and O–H groups in total. The molecule has 0 aliphatic carbocycles. The van der Waals surface area contributed by atoms with Gasteiger partial charge in [0, 0.05) is 87.0 Å². The topological polar surface area (TPSA) is 61.4 Å². The van der Waals surface area contributed by atoms with Crippen LogP contribution in [0.2, 0.25) is 0 Å². The van der Waals surface area contributed by atoms with Gasteiger partial charge in [0.2, 0.25) is 0 Å². The van der Waals surface area contributed by atoms with E-state index in [1.54, 1.807) is 0 Å². The molecule has 0 bridgehead atoms. The molecule has 4 aliphatic rings. The molecule has 4 aliphatic heterocycles. The van der Waals surface area contributed by atoms with Crippen LogP contribution >= 0.6 is 0 Å². The van der Waals surface area contributed by atoms with Gasteiger partial charge in [0.05, 0.1) is 34.1 Å². The minimum Gasteiger partial charge on any atom is -0.311 e. The van der Waals surface area contributed by atoms with Gasteiger partial charge in [0.1, 0.15) is 23.1 Å². The van der Waals surface area contributed by atoms with Crippen molar-refractivity contribution in [2.45, 2.75) is 0 Å².